The fourth-order valence-corrected chi connectivity index (χ4v) is 2.85. The molecule has 2 saturated heterocycles. The smallest absolute Gasteiger partial charge is 0.236 e. The molecule has 2 fully saturated rings. The zero-order chi connectivity index (χ0) is 13.8. The van der Waals surface area contributed by atoms with Crippen molar-refractivity contribution in [2.75, 3.05) is 39.8 Å². The lowest BCUT2D eigenvalue weighted by molar-refractivity contribution is -0.136. The minimum atomic E-state index is 0.150. The van der Waals surface area contributed by atoms with Crippen molar-refractivity contribution in [1.29, 1.82) is 0 Å². The van der Waals surface area contributed by atoms with Crippen LogP contribution in [-0.4, -0.2) is 67.4 Å². The van der Waals surface area contributed by atoms with Crippen LogP contribution in [0.4, 0.5) is 0 Å². The minimum Gasteiger partial charge on any atom is -0.380 e. The van der Waals surface area contributed by atoms with E-state index in [9.17, 15) is 9.59 Å². The molecule has 1 amide bonds. The SMILES string of the molecule is COC1CN(CC(=O)N2CCC(=O)CC2)CCC1C. The van der Waals surface area contributed by atoms with Gasteiger partial charge in [-0.05, 0) is 18.9 Å². The third kappa shape index (κ3) is 3.76. The van der Waals surface area contributed by atoms with E-state index in [2.05, 4.69) is 11.8 Å². The fourth-order valence-electron chi connectivity index (χ4n) is 2.85. The summed E-state index contributed by atoms with van der Waals surface area (Å²) in [5, 5.41) is 0. The van der Waals surface area contributed by atoms with Crippen LogP contribution in [0.3, 0.4) is 0 Å². The molecule has 108 valence electrons. The van der Waals surface area contributed by atoms with Crippen LogP contribution in [0.5, 0.6) is 0 Å². The number of amides is 1. The van der Waals surface area contributed by atoms with Crippen LogP contribution in [0, 0.1) is 5.92 Å². The lowest BCUT2D eigenvalue weighted by Crippen LogP contribution is -2.49. The molecule has 2 aliphatic heterocycles. The molecule has 2 atom stereocenters. The molecule has 0 aromatic carbocycles. The number of ether oxygens (including phenoxy) is 1. The predicted molar refractivity (Wildman–Crippen MR) is 71.8 cm³/mol. The highest BCUT2D eigenvalue weighted by Gasteiger charge is 2.29. The van der Waals surface area contributed by atoms with Gasteiger partial charge in [-0.25, -0.2) is 0 Å². The van der Waals surface area contributed by atoms with Gasteiger partial charge in [0, 0.05) is 39.6 Å². The van der Waals surface area contributed by atoms with E-state index in [0.29, 0.717) is 38.4 Å². The van der Waals surface area contributed by atoms with Crippen LogP contribution in [0.25, 0.3) is 0 Å². The number of likely N-dealkylation sites (tertiary alicyclic amines) is 2. The molecule has 0 spiro atoms. The predicted octanol–water partition coefficient (Wildman–Crippen LogP) is 0.535. The van der Waals surface area contributed by atoms with Gasteiger partial charge in [-0.15, -0.1) is 0 Å². The molecule has 2 rings (SSSR count). The Morgan fingerprint density at radius 3 is 2.63 bits per heavy atom. The molecule has 2 aliphatic rings. The molecule has 2 unspecified atom stereocenters. The Kier molecular flexibility index (Phi) is 4.93. The molecule has 0 aromatic heterocycles. The van der Waals surface area contributed by atoms with Crippen molar-refractivity contribution in [1.82, 2.24) is 9.80 Å². The van der Waals surface area contributed by atoms with Crippen molar-refractivity contribution in [2.24, 2.45) is 5.92 Å². The second-order valence-corrected chi connectivity index (χ2v) is 5.69. The lowest BCUT2D eigenvalue weighted by Gasteiger charge is -2.37. The highest BCUT2D eigenvalue weighted by molar-refractivity contribution is 5.84. The Hall–Kier alpha value is -0.940. The summed E-state index contributed by atoms with van der Waals surface area (Å²) in [5.74, 6) is 0.983. The summed E-state index contributed by atoms with van der Waals surface area (Å²) in [4.78, 5) is 27.4. The highest BCUT2D eigenvalue weighted by atomic mass is 16.5. The normalized spacial score (nSPS) is 29.6. The van der Waals surface area contributed by atoms with Crippen LogP contribution < -0.4 is 0 Å². The number of carbonyl (C=O) groups excluding carboxylic acids is 2. The maximum atomic E-state index is 12.2. The van der Waals surface area contributed by atoms with Crippen LogP contribution in [0.1, 0.15) is 26.2 Å². The van der Waals surface area contributed by atoms with Crippen molar-refractivity contribution in [3.05, 3.63) is 0 Å². The van der Waals surface area contributed by atoms with Gasteiger partial charge in [-0.2, -0.15) is 0 Å². The Morgan fingerprint density at radius 1 is 1.32 bits per heavy atom. The Morgan fingerprint density at radius 2 is 2.00 bits per heavy atom. The molecule has 0 N–H and O–H groups in total. The van der Waals surface area contributed by atoms with Gasteiger partial charge in [0.25, 0.3) is 0 Å². The molecule has 0 aliphatic carbocycles. The maximum Gasteiger partial charge on any atom is 0.236 e. The molecule has 2 heterocycles. The first kappa shape index (κ1) is 14.5. The largest absolute Gasteiger partial charge is 0.380 e. The van der Waals surface area contributed by atoms with E-state index < -0.39 is 0 Å². The van der Waals surface area contributed by atoms with E-state index in [1.807, 2.05) is 4.90 Å². The van der Waals surface area contributed by atoms with Gasteiger partial charge < -0.3 is 9.64 Å². The van der Waals surface area contributed by atoms with Crippen LogP contribution in [0.2, 0.25) is 0 Å². The van der Waals surface area contributed by atoms with Crippen LogP contribution in [-0.2, 0) is 14.3 Å². The number of carbonyl (C=O) groups is 2. The first-order chi connectivity index (χ1) is 9.10. The summed E-state index contributed by atoms with van der Waals surface area (Å²) in [5.41, 5.74) is 0. The Labute approximate surface area is 114 Å². The zero-order valence-electron chi connectivity index (χ0n) is 11.9. The summed E-state index contributed by atoms with van der Waals surface area (Å²) in [6.07, 6.45) is 2.33. The monoisotopic (exact) mass is 268 g/mol. The molecular weight excluding hydrogens is 244 g/mol. The van der Waals surface area contributed by atoms with Gasteiger partial charge >= 0.3 is 0 Å². The summed E-state index contributed by atoms with van der Waals surface area (Å²) in [6, 6.07) is 0. The average Bonchev–Trinajstić information content (AvgIpc) is 2.41. The molecule has 0 radical (unpaired) electrons. The van der Waals surface area contributed by atoms with Crippen molar-refractivity contribution in [2.45, 2.75) is 32.3 Å². The topological polar surface area (TPSA) is 49.9 Å². The summed E-state index contributed by atoms with van der Waals surface area (Å²) >= 11 is 0. The fraction of sp³-hybridized carbons (Fsp3) is 0.857. The summed E-state index contributed by atoms with van der Waals surface area (Å²) in [7, 11) is 1.74. The standard InChI is InChI=1S/C14H24N2O3/c1-11-3-6-15(9-13(11)19-2)10-14(18)16-7-4-12(17)5-8-16/h11,13H,3-10H2,1-2H3. The molecular formula is C14H24N2O3. The zero-order valence-corrected chi connectivity index (χ0v) is 11.9. The van der Waals surface area contributed by atoms with Crippen LogP contribution in [0.15, 0.2) is 0 Å². The van der Waals surface area contributed by atoms with Gasteiger partial charge in [-0.3, -0.25) is 14.5 Å². The minimum absolute atomic E-state index is 0.150. The number of Topliss-reactive ketones (excluding diaryl/α,β-unsaturated/α-hetero) is 1. The second-order valence-electron chi connectivity index (χ2n) is 5.69. The Balaban J connectivity index is 1.80. The van der Waals surface area contributed by atoms with E-state index in [-0.39, 0.29) is 17.8 Å². The van der Waals surface area contributed by atoms with Crippen molar-refractivity contribution < 1.29 is 14.3 Å². The van der Waals surface area contributed by atoms with E-state index in [1.54, 1.807) is 7.11 Å². The number of hydrogen-bond donors (Lipinski definition) is 0. The average molecular weight is 268 g/mol. The number of nitrogens with zero attached hydrogens (tertiary/aromatic N) is 2. The van der Waals surface area contributed by atoms with E-state index >= 15 is 0 Å². The molecule has 19 heavy (non-hydrogen) atoms. The van der Waals surface area contributed by atoms with E-state index in [0.717, 1.165) is 19.5 Å². The molecule has 5 nitrogen and oxygen atoms in total. The number of hydrogen-bond acceptors (Lipinski definition) is 4. The first-order valence-corrected chi connectivity index (χ1v) is 7.14. The molecule has 0 saturated carbocycles. The van der Waals surface area contributed by atoms with Gasteiger partial charge in [0.2, 0.25) is 5.91 Å². The van der Waals surface area contributed by atoms with E-state index in [4.69, 9.17) is 4.74 Å². The van der Waals surface area contributed by atoms with E-state index in [1.165, 1.54) is 0 Å². The molecule has 0 bridgehead atoms. The number of piperidine rings is 2. The van der Waals surface area contributed by atoms with Crippen molar-refractivity contribution in [3.8, 4) is 0 Å². The maximum absolute atomic E-state index is 12.2. The number of methoxy groups -OCH3 is 1. The Bertz CT molecular complexity index is 336. The highest BCUT2D eigenvalue weighted by Crippen LogP contribution is 2.19. The van der Waals surface area contributed by atoms with Gasteiger partial charge in [-0.1, -0.05) is 6.92 Å². The lowest BCUT2D eigenvalue weighted by atomic mass is 9.96. The quantitative estimate of drug-likeness (QED) is 0.749. The number of ketones is 1. The third-order valence-corrected chi connectivity index (χ3v) is 4.31. The second kappa shape index (κ2) is 6.48. The van der Waals surface area contributed by atoms with Crippen molar-refractivity contribution >= 4 is 11.7 Å². The molecule has 5 heteroatoms. The third-order valence-electron chi connectivity index (χ3n) is 4.31. The van der Waals surface area contributed by atoms with Gasteiger partial charge in [0.15, 0.2) is 0 Å². The van der Waals surface area contributed by atoms with Crippen molar-refractivity contribution in [3.63, 3.8) is 0 Å². The summed E-state index contributed by atoms with van der Waals surface area (Å²) in [6.45, 7) is 5.63. The molecule has 0 aromatic rings. The summed E-state index contributed by atoms with van der Waals surface area (Å²) < 4.78 is 5.46. The first-order valence-electron chi connectivity index (χ1n) is 7.14. The van der Waals surface area contributed by atoms with Gasteiger partial charge in [0.05, 0.1) is 12.6 Å². The van der Waals surface area contributed by atoms with Gasteiger partial charge in [0.1, 0.15) is 5.78 Å². The van der Waals surface area contributed by atoms with Crippen LogP contribution >= 0.6 is 0 Å². The number of rotatable bonds is 3.